The van der Waals surface area contributed by atoms with Gasteiger partial charge in [0.15, 0.2) is 0 Å². The van der Waals surface area contributed by atoms with E-state index in [1.165, 1.54) is 19.1 Å². The van der Waals surface area contributed by atoms with Crippen molar-refractivity contribution in [3.05, 3.63) is 35.6 Å². The molecule has 2 heterocycles. The minimum atomic E-state index is -0.571. The smallest absolute Gasteiger partial charge is 0.241 e. The second kappa shape index (κ2) is 8.02. The molecule has 1 aromatic carbocycles. The van der Waals surface area contributed by atoms with Crippen LogP contribution in [0.15, 0.2) is 24.3 Å². The number of nitrogens with two attached hydrogens (primary N) is 1. The first kappa shape index (κ1) is 18.6. The summed E-state index contributed by atoms with van der Waals surface area (Å²) in [5, 5.41) is 9.29. The van der Waals surface area contributed by atoms with E-state index < -0.39 is 11.9 Å². The third-order valence-electron chi connectivity index (χ3n) is 4.43. The lowest BCUT2D eigenvalue weighted by Gasteiger charge is -2.35. The van der Waals surface area contributed by atoms with Gasteiger partial charge < -0.3 is 20.9 Å². The van der Waals surface area contributed by atoms with Crippen LogP contribution >= 0.6 is 0 Å². The van der Waals surface area contributed by atoms with Crippen molar-refractivity contribution in [2.45, 2.75) is 19.4 Å². The van der Waals surface area contributed by atoms with Gasteiger partial charge >= 0.3 is 0 Å². The summed E-state index contributed by atoms with van der Waals surface area (Å²) >= 11 is 0. The Morgan fingerprint density at radius 3 is 2.67 bits per heavy atom. The Morgan fingerprint density at radius 2 is 2.07 bits per heavy atom. The van der Waals surface area contributed by atoms with Crippen LogP contribution in [0.2, 0.25) is 0 Å². The zero-order valence-electron chi connectivity index (χ0n) is 15.0. The third kappa shape index (κ3) is 4.72. The Hall–Kier alpha value is -3.17. The van der Waals surface area contributed by atoms with Crippen LogP contribution in [0.25, 0.3) is 0 Å². The molecule has 1 atom stereocenters. The van der Waals surface area contributed by atoms with Crippen molar-refractivity contribution < 1.29 is 14.0 Å². The van der Waals surface area contributed by atoms with E-state index >= 15 is 0 Å². The quantitative estimate of drug-likeness (QED) is 0.698. The van der Waals surface area contributed by atoms with Crippen molar-refractivity contribution >= 4 is 23.7 Å². The maximum absolute atomic E-state index is 13.5. The van der Waals surface area contributed by atoms with Crippen molar-refractivity contribution in [2.75, 3.05) is 36.8 Å². The minimum absolute atomic E-state index is 0.0677. The second-order valence-electron chi connectivity index (χ2n) is 6.40. The van der Waals surface area contributed by atoms with Gasteiger partial charge in [0.2, 0.25) is 23.7 Å². The molecule has 1 aliphatic heterocycles. The molecular formula is C17H22FN7O2. The number of rotatable bonds is 5. The normalized spacial score (nSPS) is 15.5. The molecular weight excluding hydrogens is 353 g/mol. The molecule has 1 saturated heterocycles. The van der Waals surface area contributed by atoms with Gasteiger partial charge in [0.25, 0.3) is 0 Å². The number of carbonyl (C=O) groups excluding carboxylic acids is 2. The summed E-state index contributed by atoms with van der Waals surface area (Å²) in [6.45, 7) is 3.57. The Balaban J connectivity index is 1.61. The highest BCUT2D eigenvalue weighted by Crippen LogP contribution is 2.20. The molecule has 10 heteroatoms. The number of carbonyl (C=O) groups is 2. The van der Waals surface area contributed by atoms with Crippen LogP contribution in [-0.4, -0.2) is 58.1 Å². The predicted octanol–water partition coefficient (Wildman–Crippen LogP) is 0.442. The third-order valence-corrected chi connectivity index (χ3v) is 4.43. The number of nitrogens with zero attached hydrogens (tertiary/aromatic N) is 4. The highest BCUT2D eigenvalue weighted by atomic mass is 19.1. The Bertz CT molecular complexity index is 817. The maximum Gasteiger partial charge on any atom is 0.241 e. The van der Waals surface area contributed by atoms with E-state index in [1.54, 1.807) is 17.0 Å². The number of halogens is 1. The summed E-state index contributed by atoms with van der Waals surface area (Å²) in [5.41, 5.74) is 6.08. The Labute approximate surface area is 155 Å². The van der Waals surface area contributed by atoms with E-state index in [0.29, 0.717) is 37.7 Å². The minimum Gasteiger partial charge on any atom is -0.366 e. The summed E-state index contributed by atoms with van der Waals surface area (Å²) in [6.07, 6.45) is 0.0677. The molecule has 1 unspecified atom stereocenters. The summed E-state index contributed by atoms with van der Waals surface area (Å²) in [5.74, 6) is -0.0259. The van der Waals surface area contributed by atoms with Crippen molar-refractivity contribution in [3.63, 3.8) is 0 Å². The lowest BCUT2D eigenvalue weighted by atomic mass is 10.0. The average Bonchev–Trinajstić information content (AvgIpc) is 3.07. The van der Waals surface area contributed by atoms with Crippen LogP contribution in [0.1, 0.15) is 24.9 Å². The van der Waals surface area contributed by atoms with E-state index in [0.717, 1.165) is 0 Å². The van der Waals surface area contributed by atoms with E-state index in [4.69, 9.17) is 5.73 Å². The topological polar surface area (TPSA) is 120 Å². The maximum atomic E-state index is 13.5. The molecule has 0 saturated carbocycles. The van der Waals surface area contributed by atoms with E-state index in [-0.39, 0.29) is 24.2 Å². The van der Waals surface area contributed by atoms with Gasteiger partial charge in [0, 0.05) is 33.1 Å². The van der Waals surface area contributed by atoms with Gasteiger partial charge in [-0.3, -0.25) is 9.59 Å². The van der Waals surface area contributed by atoms with Crippen LogP contribution in [0.5, 0.6) is 0 Å². The van der Waals surface area contributed by atoms with Crippen LogP contribution in [0.4, 0.5) is 16.3 Å². The van der Waals surface area contributed by atoms with Gasteiger partial charge in [0.1, 0.15) is 5.82 Å². The number of nitrogens with one attached hydrogen (secondary N) is 2. The highest BCUT2D eigenvalue weighted by molar-refractivity contribution is 5.79. The Morgan fingerprint density at radius 1 is 1.33 bits per heavy atom. The van der Waals surface area contributed by atoms with Crippen LogP contribution < -0.4 is 16.0 Å². The molecule has 1 aromatic heterocycles. The van der Waals surface area contributed by atoms with E-state index in [1.807, 2.05) is 4.90 Å². The second-order valence-corrected chi connectivity index (χ2v) is 6.40. The number of H-pyrrole nitrogens is 1. The van der Waals surface area contributed by atoms with E-state index in [2.05, 4.69) is 20.5 Å². The number of amides is 2. The highest BCUT2D eigenvalue weighted by Gasteiger charge is 2.26. The molecule has 0 aliphatic carbocycles. The van der Waals surface area contributed by atoms with Crippen molar-refractivity contribution in [3.8, 4) is 0 Å². The number of benzene rings is 1. The predicted molar refractivity (Wildman–Crippen MR) is 97.2 cm³/mol. The van der Waals surface area contributed by atoms with Gasteiger partial charge in [-0.25, -0.2) is 9.49 Å². The molecule has 0 spiro atoms. The van der Waals surface area contributed by atoms with Gasteiger partial charge in [-0.05, 0) is 17.7 Å². The van der Waals surface area contributed by atoms with Crippen molar-refractivity contribution in [1.29, 1.82) is 0 Å². The van der Waals surface area contributed by atoms with Gasteiger partial charge in [-0.1, -0.05) is 12.1 Å². The molecule has 0 bridgehead atoms. The van der Waals surface area contributed by atoms with Gasteiger partial charge in [-0.15, -0.1) is 5.10 Å². The largest absolute Gasteiger partial charge is 0.366 e. The number of hydrogen-bond acceptors (Lipinski definition) is 6. The molecule has 2 amide bonds. The number of aromatic nitrogens is 3. The van der Waals surface area contributed by atoms with Crippen molar-refractivity contribution in [1.82, 2.24) is 25.4 Å². The fourth-order valence-corrected chi connectivity index (χ4v) is 3.10. The molecule has 2 aromatic rings. The molecule has 1 aliphatic rings. The SMILES string of the molecule is CC(=O)NC(CC(=O)N1CCN(c2nc(N)n[nH]2)CC1)c1cccc(F)c1. The molecule has 9 nitrogen and oxygen atoms in total. The molecule has 1 fully saturated rings. The molecule has 4 N–H and O–H groups in total. The fraction of sp³-hybridized carbons (Fsp3) is 0.412. The molecule has 0 radical (unpaired) electrons. The standard InChI is InChI=1S/C17H22FN7O2/c1-11(26)20-14(12-3-2-4-13(18)9-12)10-15(27)24-5-7-25(8-6-24)17-21-16(19)22-23-17/h2-4,9,14H,5-8,10H2,1H3,(H,20,26)(H3,19,21,22,23). The zero-order valence-corrected chi connectivity index (χ0v) is 15.0. The van der Waals surface area contributed by atoms with Crippen LogP contribution in [0.3, 0.4) is 0 Å². The molecule has 144 valence electrons. The Kier molecular flexibility index (Phi) is 5.53. The summed E-state index contributed by atoms with van der Waals surface area (Å²) in [7, 11) is 0. The fourth-order valence-electron chi connectivity index (χ4n) is 3.10. The lowest BCUT2D eigenvalue weighted by molar-refractivity contribution is -0.132. The van der Waals surface area contributed by atoms with Crippen LogP contribution in [0, 0.1) is 5.82 Å². The lowest BCUT2D eigenvalue weighted by Crippen LogP contribution is -2.49. The van der Waals surface area contributed by atoms with Gasteiger partial charge in [-0.2, -0.15) is 4.98 Å². The van der Waals surface area contributed by atoms with E-state index in [9.17, 15) is 14.0 Å². The number of hydrogen-bond donors (Lipinski definition) is 3. The first-order valence-electron chi connectivity index (χ1n) is 8.65. The summed E-state index contributed by atoms with van der Waals surface area (Å²) in [6, 6.07) is 5.35. The number of nitrogen functional groups attached to an aromatic ring is 1. The first-order valence-corrected chi connectivity index (χ1v) is 8.65. The first-order chi connectivity index (χ1) is 12.9. The number of anilines is 2. The summed E-state index contributed by atoms with van der Waals surface area (Å²) in [4.78, 5) is 32.0. The number of aromatic amines is 1. The summed E-state index contributed by atoms with van der Waals surface area (Å²) < 4.78 is 13.5. The van der Waals surface area contributed by atoms with Crippen LogP contribution in [-0.2, 0) is 9.59 Å². The average molecular weight is 375 g/mol. The molecule has 27 heavy (non-hydrogen) atoms. The van der Waals surface area contributed by atoms with Gasteiger partial charge in [0.05, 0.1) is 12.5 Å². The number of piperazine rings is 1. The molecule has 3 rings (SSSR count). The monoisotopic (exact) mass is 375 g/mol. The van der Waals surface area contributed by atoms with Crippen molar-refractivity contribution in [2.24, 2.45) is 0 Å². The zero-order chi connectivity index (χ0) is 19.4.